The molecule has 1 saturated heterocycles. The summed E-state index contributed by atoms with van der Waals surface area (Å²) in [5.41, 5.74) is 0.774. The number of amides is 1. The van der Waals surface area contributed by atoms with Gasteiger partial charge in [0.25, 0.3) is 0 Å². The number of carbonyl (C=O) groups excluding carboxylic acids is 2. The van der Waals surface area contributed by atoms with Crippen LogP contribution in [0.5, 0.6) is 0 Å². The van der Waals surface area contributed by atoms with Crippen molar-refractivity contribution in [1.29, 1.82) is 0 Å². The molecule has 4 nitrogen and oxygen atoms in total. The van der Waals surface area contributed by atoms with Crippen LogP contribution in [-0.4, -0.2) is 27.8 Å². The lowest BCUT2D eigenvalue weighted by Gasteiger charge is -2.15. The van der Waals surface area contributed by atoms with Crippen LogP contribution >= 0.6 is 27.7 Å². The molecule has 6 heteroatoms. The van der Waals surface area contributed by atoms with Crippen molar-refractivity contribution in [3.63, 3.8) is 0 Å². The van der Waals surface area contributed by atoms with Crippen molar-refractivity contribution >= 4 is 44.4 Å². The Balaban J connectivity index is 2.13. The van der Waals surface area contributed by atoms with Crippen LogP contribution in [0.4, 0.5) is 5.69 Å². The summed E-state index contributed by atoms with van der Waals surface area (Å²) in [5.74, 6) is 0.0450. The first kappa shape index (κ1) is 12.6. The zero-order chi connectivity index (χ0) is 12.4. The second kappa shape index (κ2) is 5.18. The van der Waals surface area contributed by atoms with Crippen LogP contribution in [0.2, 0.25) is 0 Å². The van der Waals surface area contributed by atoms with E-state index in [4.69, 9.17) is 0 Å². The van der Waals surface area contributed by atoms with Gasteiger partial charge in [-0.1, -0.05) is 11.8 Å². The molecule has 0 radical (unpaired) electrons. The average molecular weight is 315 g/mol. The molecule has 0 aliphatic carbocycles. The lowest BCUT2D eigenvalue weighted by Crippen LogP contribution is -2.25. The van der Waals surface area contributed by atoms with E-state index in [-0.39, 0.29) is 16.3 Å². The lowest BCUT2D eigenvalue weighted by molar-refractivity contribution is -0.117. The second-order valence-corrected chi connectivity index (χ2v) is 6.19. The van der Waals surface area contributed by atoms with E-state index in [0.29, 0.717) is 13.0 Å². The van der Waals surface area contributed by atoms with Gasteiger partial charge in [-0.3, -0.25) is 14.6 Å². The summed E-state index contributed by atoms with van der Waals surface area (Å²) in [6.45, 7) is 2.10. The predicted octanol–water partition coefficient (Wildman–Crippen LogP) is 2.23. The molecule has 17 heavy (non-hydrogen) atoms. The van der Waals surface area contributed by atoms with E-state index in [1.165, 1.54) is 18.7 Å². The van der Waals surface area contributed by atoms with Crippen molar-refractivity contribution in [2.24, 2.45) is 0 Å². The monoisotopic (exact) mass is 314 g/mol. The van der Waals surface area contributed by atoms with Crippen LogP contribution in [0.1, 0.15) is 13.3 Å². The normalized spacial score (nSPS) is 19.8. The summed E-state index contributed by atoms with van der Waals surface area (Å²) in [5, 5.41) is 0.107. The first-order valence-corrected chi connectivity index (χ1v) is 6.81. The van der Waals surface area contributed by atoms with Crippen molar-refractivity contribution in [1.82, 2.24) is 4.98 Å². The van der Waals surface area contributed by atoms with E-state index in [9.17, 15) is 9.59 Å². The quantitative estimate of drug-likeness (QED) is 0.840. The van der Waals surface area contributed by atoms with E-state index >= 15 is 0 Å². The Kier molecular flexibility index (Phi) is 3.83. The number of carbonyl (C=O) groups is 2. The third kappa shape index (κ3) is 3.07. The molecule has 0 spiro atoms. The molecular weight excluding hydrogens is 304 g/mol. The predicted molar refractivity (Wildman–Crippen MR) is 71.0 cm³/mol. The van der Waals surface area contributed by atoms with Gasteiger partial charge in [0.05, 0.1) is 11.9 Å². The highest BCUT2D eigenvalue weighted by molar-refractivity contribution is 9.10. The number of nitrogens with zero attached hydrogens (tertiary/aromatic N) is 2. The maximum absolute atomic E-state index is 11.8. The zero-order valence-corrected chi connectivity index (χ0v) is 11.6. The fourth-order valence-electron chi connectivity index (χ4n) is 1.79. The molecule has 1 aliphatic heterocycles. The van der Waals surface area contributed by atoms with Gasteiger partial charge in [0, 0.05) is 35.8 Å². The fourth-order valence-corrected chi connectivity index (χ4v) is 3.06. The minimum atomic E-state index is 0.0450. The van der Waals surface area contributed by atoms with Crippen molar-refractivity contribution < 1.29 is 9.59 Å². The molecular formula is C11H11BrN2O2S. The van der Waals surface area contributed by atoms with Gasteiger partial charge < -0.3 is 4.90 Å². The van der Waals surface area contributed by atoms with Gasteiger partial charge >= 0.3 is 0 Å². The molecule has 90 valence electrons. The average Bonchev–Trinajstić information content (AvgIpc) is 2.58. The molecule has 0 bridgehead atoms. The third-order valence-corrected chi connectivity index (χ3v) is 3.84. The topological polar surface area (TPSA) is 50.3 Å². The molecule has 0 saturated carbocycles. The van der Waals surface area contributed by atoms with Gasteiger partial charge in [-0.25, -0.2) is 0 Å². The molecule has 2 heterocycles. The Morgan fingerprint density at radius 2 is 2.35 bits per heavy atom. The molecule has 1 unspecified atom stereocenters. The molecule has 2 rings (SSSR count). The van der Waals surface area contributed by atoms with Gasteiger partial charge in [-0.2, -0.15) is 0 Å². The maximum Gasteiger partial charge on any atom is 0.228 e. The summed E-state index contributed by atoms with van der Waals surface area (Å²) < 4.78 is 0.838. The number of pyridine rings is 1. The SMILES string of the molecule is CC(=O)SC1CC(=O)N(c2cncc(Br)c2)C1. The van der Waals surface area contributed by atoms with Gasteiger partial charge in [0.15, 0.2) is 5.12 Å². The number of aromatic nitrogens is 1. The standard InChI is InChI=1S/C11H11BrN2O2S/c1-7(15)17-10-3-11(16)14(6-10)9-2-8(12)4-13-5-9/h2,4-5,10H,3,6H2,1H3. The minimum Gasteiger partial charge on any atom is -0.310 e. The van der Waals surface area contributed by atoms with E-state index < -0.39 is 0 Å². The van der Waals surface area contributed by atoms with Crippen molar-refractivity contribution in [3.8, 4) is 0 Å². The van der Waals surface area contributed by atoms with Gasteiger partial charge in [0.1, 0.15) is 0 Å². The summed E-state index contributed by atoms with van der Waals surface area (Å²) in [6.07, 6.45) is 3.74. The Morgan fingerprint density at radius 3 is 3.00 bits per heavy atom. The number of halogens is 1. The fraction of sp³-hybridized carbons (Fsp3) is 0.364. The highest BCUT2D eigenvalue weighted by Crippen LogP contribution is 2.29. The smallest absolute Gasteiger partial charge is 0.228 e. The Morgan fingerprint density at radius 1 is 1.59 bits per heavy atom. The summed E-state index contributed by atoms with van der Waals surface area (Å²) in [6, 6.07) is 1.85. The number of thioether (sulfide) groups is 1. The summed E-state index contributed by atoms with van der Waals surface area (Å²) in [7, 11) is 0. The van der Waals surface area contributed by atoms with E-state index in [0.717, 1.165) is 10.2 Å². The largest absolute Gasteiger partial charge is 0.310 e. The zero-order valence-electron chi connectivity index (χ0n) is 9.22. The molecule has 1 aliphatic rings. The molecule has 0 N–H and O–H groups in total. The van der Waals surface area contributed by atoms with Crippen molar-refractivity contribution in [3.05, 3.63) is 22.9 Å². The number of rotatable bonds is 2. The van der Waals surface area contributed by atoms with Crippen LogP contribution in [0.25, 0.3) is 0 Å². The van der Waals surface area contributed by atoms with Crippen molar-refractivity contribution in [2.45, 2.75) is 18.6 Å². The minimum absolute atomic E-state index is 0.0450. The Hall–Kier alpha value is -0.880. The first-order valence-electron chi connectivity index (χ1n) is 5.14. The Labute approximate surface area is 112 Å². The van der Waals surface area contributed by atoms with Crippen LogP contribution < -0.4 is 4.90 Å². The van der Waals surface area contributed by atoms with E-state index in [1.54, 1.807) is 17.3 Å². The molecule has 1 aromatic rings. The molecule has 0 aromatic carbocycles. The highest BCUT2D eigenvalue weighted by Gasteiger charge is 2.32. The van der Waals surface area contributed by atoms with Gasteiger partial charge in [0.2, 0.25) is 5.91 Å². The first-order chi connectivity index (χ1) is 8.06. The molecule has 1 fully saturated rings. The van der Waals surface area contributed by atoms with Crippen LogP contribution in [0.3, 0.4) is 0 Å². The maximum atomic E-state index is 11.8. The van der Waals surface area contributed by atoms with E-state index in [1.807, 2.05) is 6.07 Å². The molecule has 1 aromatic heterocycles. The molecule has 1 atom stereocenters. The summed E-state index contributed by atoms with van der Waals surface area (Å²) >= 11 is 4.56. The van der Waals surface area contributed by atoms with Crippen molar-refractivity contribution in [2.75, 3.05) is 11.4 Å². The number of anilines is 1. The second-order valence-electron chi connectivity index (χ2n) is 3.80. The highest BCUT2D eigenvalue weighted by atomic mass is 79.9. The molecule has 1 amide bonds. The Bertz CT molecular complexity index is 467. The van der Waals surface area contributed by atoms with Gasteiger partial charge in [-0.05, 0) is 22.0 Å². The van der Waals surface area contributed by atoms with E-state index in [2.05, 4.69) is 20.9 Å². The lowest BCUT2D eigenvalue weighted by atomic mass is 10.4. The summed E-state index contributed by atoms with van der Waals surface area (Å²) in [4.78, 5) is 28.6. The van der Waals surface area contributed by atoms with Gasteiger partial charge in [-0.15, -0.1) is 0 Å². The van der Waals surface area contributed by atoms with Crippen LogP contribution in [0, 0.1) is 0 Å². The van der Waals surface area contributed by atoms with Crippen LogP contribution in [-0.2, 0) is 9.59 Å². The number of hydrogen-bond acceptors (Lipinski definition) is 4. The third-order valence-electron chi connectivity index (χ3n) is 2.42. The van der Waals surface area contributed by atoms with Crippen LogP contribution in [0.15, 0.2) is 22.9 Å². The number of hydrogen-bond donors (Lipinski definition) is 0.